The first-order chi connectivity index (χ1) is 10.1. The maximum absolute atomic E-state index is 13.3. The third-order valence-corrected chi connectivity index (χ3v) is 3.08. The van der Waals surface area contributed by atoms with Gasteiger partial charge in [-0.3, -0.25) is 4.79 Å². The maximum atomic E-state index is 13.3. The van der Waals surface area contributed by atoms with Gasteiger partial charge < -0.3 is 10.2 Å². The molecule has 0 bridgehead atoms. The Bertz CT molecular complexity index is 630. The standard InChI is InChI=1S/C16H18FN3O/c1-3-9-18-15-14(8-5-10-19-15)16(21)20(2)13-7-4-6-12(17)11-13/h4-8,10-11H,3,9H2,1-2H3,(H,18,19). The second-order valence-electron chi connectivity index (χ2n) is 4.67. The molecule has 0 spiro atoms. The monoisotopic (exact) mass is 287 g/mol. The molecule has 2 rings (SSSR count). The van der Waals surface area contributed by atoms with Gasteiger partial charge in [0.05, 0.1) is 5.56 Å². The predicted molar refractivity (Wildman–Crippen MR) is 82.2 cm³/mol. The van der Waals surface area contributed by atoms with Gasteiger partial charge in [0.15, 0.2) is 0 Å². The predicted octanol–water partition coefficient (Wildman–Crippen LogP) is 3.32. The van der Waals surface area contributed by atoms with Gasteiger partial charge in [-0.25, -0.2) is 9.37 Å². The molecule has 5 heteroatoms. The average Bonchev–Trinajstić information content (AvgIpc) is 2.51. The van der Waals surface area contributed by atoms with Crippen LogP contribution in [0.3, 0.4) is 0 Å². The van der Waals surface area contributed by atoms with Crippen molar-refractivity contribution in [3.05, 3.63) is 54.0 Å². The average molecular weight is 287 g/mol. The summed E-state index contributed by atoms with van der Waals surface area (Å²) in [5.74, 6) is -0.0532. The fraction of sp³-hybridized carbons (Fsp3) is 0.250. The van der Waals surface area contributed by atoms with Gasteiger partial charge in [0.2, 0.25) is 0 Å². The Balaban J connectivity index is 2.27. The number of carbonyl (C=O) groups excluding carboxylic acids is 1. The lowest BCUT2D eigenvalue weighted by atomic mass is 10.2. The molecule has 21 heavy (non-hydrogen) atoms. The van der Waals surface area contributed by atoms with Crippen molar-refractivity contribution in [3.63, 3.8) is 0 Å². The molecular weight excluding hydrogens is 269 g/mol. The highest BCUT2D eigenvalue weighted by molar-refractivity contribution is 6.08. The van der Waals surface area contributed by atoms with Crippen molar-refractivity contribution in [2.24, 2.45) is 0 Å². The highest BCUT2D eigenvalue weighted by Crippen LogP contribution is 2.19. The van der Waals surface area contributed by atoms with Crippen LogP contribution >= 0.6 is 0 Å². The summed E-state index contributed by atoms with van der Waals surface area (Å²) in [5, 5.41) is 3.13. The summed E-state index contributed by atoms with van der Waals surface area (Å²) < 4.78 is 13.3. The van der Waals surface area contributed by atoms with E-state index in [4.69, 9.17) is 0 Å². The molecule has 1 N–H and O–H groups in total. The Hall–Kier alpha value is -2.43. The smallest absolute Gasteiger partial charge is 0.261 e. The van der Waals surface area contributed by atoms with Gasteiger partial charge in [0, 0.05) is 25.5 Å². The van der Waals surface area contributed by atoms with Gasteiger partial charge in [-0.1, -0.05) is 13.0 Å². The van der Waals surface area contributed by atoms with Gasteiger partial charge in [-0.2, -0.15) is 0 Å². The molecule has 2 aromatic rings. The number of pyridine rings is 1. The van der Waals surface area contributed by atoms with Gasteiger partial charge in [0.1, 0.15) is 11.6 Å². The van der Waals surface area contributed by atoms with E-state index in [-0.39, 0.29) is 11.7 Å². The minimum atomic E-state index is -0.373. The minimum absolute atomic E-state index is 0.229. The third kappa shape index (κ3) is 3.56. The minimum Gasteiger partial charge on any atom is -0.369 e. The first-order valence-electron chi connectivity index (χ1n) is 6.86. The lowest BCUT2D eigenvalue weighted by molar-refractivity contribution is 0.0993. The molecule has 110 valence electrons. The van der Waals surface area contributed by atoms with Gasteiger partial charge in [0.25, 0.3) is 5.91 Å². The lowest BCUT2D eigenvalue weighted by Crippen LogP contribution is -2.27. The second-order valence-corrected chi connectivity index (χ2v) is 4.67. The number of aromatic nitrogens is 1. The molecule has 1 amide bonds. The molecule has 0 fully saturated rings. The molecular formula is C16H18FN3O. The molecule has 0 unspecified atom stereocenters. The van der Waals surface area contributed by atoms with Crippen LogP contribution in [0.2, 0.25) is 0 Å². The number of benzene rings is 1. The van der Waals surface area contributed by atoms with Gasteiger partial charge in [-0.15, -0.1) is 0 Å². The molecule has 0 saturated heterocycles. The first-order valence-corrected chi connectivity index (χ1v) is 6.86. The van der Waals surface area contributed by atoms with Crippen LogP contribution in [0, 0.1) is 5.82 Å². The van der Waals surface area contributed by atoms with Crippen molar-refractivity contribution in [3.8, 4) is 0 Å². The summed E-state index contributed by atoms with van der Waals surface area (Å²) in [4.78, 5) is 18.2. The van der Waals surface area contributed by atoms with Gasteiger partial charge >= 0.3 is 0 Å². The number of hydrogen-bond donors (Lipinski definition) is 1. The van der Waals surface area contributed by atoms with E-state index in [1.807, 2.05) is 6.92 Å². The fourth-order valence-corrected chi connectivity index (χ4v) is 1.94. The lowest BCUT2D eigenvalue weighted by Gasteiger charge is -2.19. The van der Waals surface area contributed by atoms with E-state index in [1.54, 1.807) is 37.5 Å². The van der Waals surface area contributed by atoms with Crippen LogP contribution in [-0.2, 0) is 0 Å². The van der Waals surface area contributed by atoms with Crippen molar-refractivity contribution in [2.45, 2.75) is 13.3 Å². The molecule has 1 heterocycles. The van der Waals surface area contributed by atoms with Crippen molar-refractivity contribution in [1.29, 1.82) is 0 Å². The molecule has 0 aliphatic rings. The van der Waals surface area contributed by atoms with E-state index in [9.17, 15) is 9.18 Å². The molecule has 0 aliphatic carbocycles. The van der Waals surface area contributed by atoms with E-state index >= 15 is 0 Å². The fourth-order valence-electron chi connectivity index (χ4n) is 1.94. The highest BCUT2D eigenvalue weighted by atomic mass is 19.1. The van der Waals surface area contributed by atoms with Crippen LogP contribution < -0.4 is 10.2 Å². The number of rotatable bonds is 5. The van der Waals surface area contributed by atoms with Crippen LogP contribution in [-0.4, -0.2) is 24.5 Å². The van der Waals surface area contributed by atoms with E-state index in [2.05, 4.69) is 10.3 Å². The zero-order valence-corrected chi connectivity index (χ0v) is 12.1. The first kappa shape index (κ1) is 15.0. The SMILES string of the molecule is CCCNc1ncccc1C(=O)N(C)c1cccc(F)c1. The number of nitrogens with zero attached hydrogens (tertiary/aromatic N) is 2. The zero-order valence-electron chi connectivity index (χ0n) is 12.1. The number of halogens is 1. The summed E-state index contributed by atoms with van der Waals surface area (Å²) in [6.45, 7) is 2.78. The Morgan fingerprint density at radius 1 is 1.33 bits per heavy atom. The maximum Gasteiger partial charge on any atom is 0.261 e. The van der Waals surface area contributed by atoms with E-state index in [0.717, 1.165) is 13.0 Å². The largest absolute Gasteiger partial charge is 0.369 e. The summed E-state index contributed by atoms with van der Waals surface area (Å²) in [6, 6.07) is 9.37. The summed E-state index contributed by atoms with van der Waals surface area (Å²) in [5.41, 5.74) is 0.975. The summed E-state index contributed by atoms with van der Waals surface area (Å²) >= 11 is 0. The highest BCUT2D eigenvalue weighted by Gasteiger charge is 2.17. The second kappa shape index (κ2) is 6.83. The number of hydrogen-bond acceptors (Lipinski definition) is 3. The Morgan fingerprint density at radius 3 is 2.86 bits per heavy atom. The molecule has 1 aromatic heterocycles. The van der Waals surface area contributed by atoms with Crippen molar-refractivity contribution >= 4 is 17.4 Å². The van der Waals surface area contributed by atoms with Crippen molar-refractivity contribution < 1.29 is 9.18 Å². The quantitative estimate of drug-likeness (QED) is 0.917. The van der Waals surface area contributed by atoms with E-state index in [1.165, 1.54) is 17.0 Å². The van der Waals surface area contributed by atoms with E-state index < -0.39 is 0 Å². The number of anilines is 2. The van der Waals surface area contributed by atoms with E-state index in [0.29, 0.717) is 17.1 Å². The van der Waals surface area contributed by atoms with Crippen LogP contribution in [0.25, 0.3) is 0 Å². The summed E-state index contributed by atoms with van der Waals surface area (Å²) in [6.07, 6.45) is 2.57. The number of nitrogens with one attached hydrogen (secondary N) is 1. The number of amides is 1. The third-order valence-electron chi connectivity index (χ3n) is 3.08. The molecule has 0 radical (unpaired) electrons. The molecule has 1 aromatic carbocycles. The molecule has 0 saturated carbocycles. The van der Waals surface area contributed by atoms with Crippen molar-refractivity contribution in [1.82, 2.24) is 4.98 Å². The van der Waals surface area contributed by atoms with Crippen LogP contribution in [0.5, 0.6) is 0 Å². The Morgan fingerprint density at radius 2 is 2.14 bits per heavy atom. The van der Waals surface area contributed by atoms with Gasteiger partial charge in [-0.05, 0) is 36.8 Å². The molecule has 0 atom stereocenters. The topological polar surface area (TPSA) is 45.2 Å². The molecule has 0 aliphatic heterocycles. The Labute approximate surface area is 123 Å². The summed E-state index contributed by atoms with van der Waals surface area (Å²) in [7, 11) is 1.62. The van der Waals surface area contributed by atoms with Crippen LogP contribution in [0.1, 0.15) is 23.7 Å². The normalized spacial score (nSPS) is 10.2. The van der Waals surface area contributed by atoms with Crippen LogP contribution in [0.4, 0.5) is 15.9 Å². The zero-order chi connectivity index (χ0) is 15.2. The van der Waals surface area contributed by atoms with Crippen molar-refractivity contribution in [2.75, 3.05) is 23.8 Å². The number of carbonyl (C=O) groups is 1. The molecule has 4 nitrogen and oxygen atoms in total. The van der Waals surface area contributed by atoms with Crippen LogP contribution in [0.15, 0.2) is 42.6 Å². The Kier molecular flexibility index (Phi) is 4.87.